The van der Waals surface area contributed by atoms with Crippen LogP contribution in [0.1, 0.15) is 24.1 Å². The smallest absolute Gasteiger partial charge is 0.406 e. The number of ether oxygens (including phenoxy) is 1. The molecule has 1 N–H and O–H groups in total. The van der Waals surface area contributed by atoms with E-state index in [4.69, 9.17) is 11.6 Å². The van der Waals surface area contributed by atoms with Crippen LogP contribution >= 0.6 is 11.6 Å². The van der Waals surface area contributed by atoms with Gasteiger partial charge in [0, 0.05) is 18.6 Å². The van der Waals surface area contributed by atoms with E-state index in [1.54, 1.807) is 19.2 Å². The quantitative estimate of drug-likeness (QED) is 0.772. The Kier molecular flexibility index (Phi) is 6.37. The molecule has 1 unspecified atom stereocenters. The molecule has 0 fully saturated rings. The maximum atomic E-state index is 12.3. The van der Waals surface area contributed by atoms with Crippen LogP contribution in [0.5, 0.6) is 5.75 Å². The standard InChI is InChI=1S/C18H18ClF3N2O2/c1-12(15-5-3-4-6-16(15)19)23-17(25)24(2)11-13-7-9-14(10-8-13)26-18(20,21)22/h3-10,12H,11H2,1-2H3,(H,23,25). The Morgan fingerprint density at radius 3 is 2.38 bits per heavy atom. The van der Waals surface area contributed by atoms with Gasteiger partial charge in [0.15, 0.2) is 0 Å². The predicted molar refractivity (Wildman–Crippen MR) is 93.0 cm³/mol. The number of amides is 2. The normalized spacial score (nSPS) is 12.4. The van der Waals surface area contributed by atoms with Gasteiger partial charge >= 0.3 is 12.4 Å². The van der Waals surface area contributed by atoms with Gasteiger partial charge in [-0.25, -0.2) is 4.79 Å². The summed E-state index contributed by atoms with van der Waals surface area (Å²) in [6.07, 6.45) is -4.73. The van der Waals surface area contributed by atoms with Crippen molar-refractivity contribution >= 4 is 17.6 Å². The van der Waals surface area contributed by atoms with Gasteiger partial charge in [0.2, 0.25) is 0 Å². The van der Waals surface area contributed by atoms with Crippen LogP contribution in [0, 0.1) is 0 Å². The molecular weight excluding hydrogens is 369 g/mol. The third-order valence-electron chi connectivity index (χ3n) is 3.64. The second kappa shape index (κ2) is 8.31. The van der Waals surface area contributed by atoms with E-state index in [0.717, 1.165) is 5.56 Å². The van der Waals surface area contributed by atoms with Crippen molar-refractivity contribution in [3.05, 3.63) is 64.7 Å². The Bertz CT molecular complexity index is 751. The molecule has 0 aliphatic heterocycles. The highest BCUT2D eigenvalue weighted by molar-refractivity contribution is 6.31. The van der Waals surface area contributed by atoms with Crippen LogP contribution < -0.4 is 10.1 Å². The molecule has 2 rings (SSSR count). The molecule has 2 aromatic rings. The Balaban J connectivity index is 1.93. The van der Waals surface area contributed by atoms with E-state index in [0.29, 0.717) is 10.6 Å². The Morgan fingerprint density at radius 2 is 1.81 bits per heavy atom. The summed E-state index contributed by atoms with van der Waals surface area (Å²) < 4.78 is 40.3. The van der Waals surface area contributed by atoms with Crippen LogP contribution in [-0.4, -0.2) is 24.3 Å². The number of nitrogens with one attached hydrogen (secondary N) is 1. The van der Waals surface area contributed by atoms with E-state index < -0.39 is 6.36 Å². The van der Waals surface area contributed by atoms with E-state index in [1.807, 2.05) is 19.1 Å². The van der Waals surface area contributed by atoms with Crippen LogP contribution in [0.25, 0.3) is 0 Å². The molecule has 0 aliphatic rings. The summed E-state index contributed by atoms with van der Waals surface area (Å²) in [4.78, 5) is 13.7. The number of benzene rings is 2. The number of alkyl halides is 3. The SMILES string of the molecule is CC(NC(=O)N(C)Cc1ccc(OC(F)(F)F)cc1)c1ccccc1Cl. The Labute approximate surface area is 154 Å². The maximum absolute atomic E-state index is 12.3. The monoisotopic (exact) mass is 386 g/mol. The summed E-state index contributed by atoms with van der Waals surface area (Å²) in [5.41, 5.74) is 1.46. The minimum absolute atomic E-state index is 0.230. The first-order valence-electron chi connectivity index (χ1n) is 7.76. The number of carbonyl (C=O) groups excluding carboxylic acids is 1. The zero-order chi connectivity index (χ0) is 19.3. The first kappa shape index (κ1) is 19.9. The van der Waals surface area contributed by atoms with E-state index in [-0.39, 0.29) is 24.4 Å². The van der Waals surface area contributed by atoms with E-state index >= 15 is 0 Å². The van der Waals surface area contributed by atoms with Gasteiger partial charge in [-0.2, -0.15) is 0 Å². The molecule has 0 heterocycles. The van der Waals surface area contributed by atoms with Crippen molar-refractivity contribution < 1.29 is 22.7 Å². The predicted octanol–water partition coefficient (Wildman–Crippen LogP) is 5.14. The van der Waals surface area contributed by atoms with Crippen molar-refractivity contribution in [3.63, 3.8) is 0 Å². The van der Waals surface area contributed by atoms with Crippen molar-refractivity contribution in [1.82, 2.24) is 10.2 Å². The second-order valence-corrected chi connectivity index (χ2v) is 6.15. The number of hydrogen-bond acceptors (Lipinski definition) is 2. The highest BCUT2D eigenvalue weighted by atomic mass is 35.5. The summed E-state index contributed by atoms with van der Waals surface area (Å²) in [5.74, 6) is -0.305. The highest BCUT2D eigenvalue weighted by Gasteiger charge is 2.31. The Morgan fingerprint density at radius 1 is 1.19 bits per heavy atom. The lowest BCUT2D eigenvalue weighted by Gasteiger charge is -2.22. The van der Waals surface area contributed by atoms with Gasteiger partial charge in [-0.15, -0.1) is 13.2 Å². The van der Waals surface area contributed by atoms with Gasteiger partial charge in [-0.05, 0) is 36.2 Å². The number of nitrogens with zero attached hydrogens (tertiary/aromatic N) is 1. The van der Waals surface area contributed by atoms with Crippen molar-refractivity contribution in [1.29, 1.82) is 0 Å². The zero-order valence-corrected chi connectivity index (χ0v) is 14.9. The van der Waals surface area contributed by atoms with Crippen LogP contribution in [0.2, 0.25) is 5.02 Å². The number of urea groups is 1. The summed E-state index contributed by atoms with van der Waals surface area (Å²) in [6, 6.07) is 12.0. The van der Waals surface area contributed by atoms with E-state index in [2.05, 4.69) is 10.1 Å². The molecule has 0 saturated carbocycles. The van der Waals surface area contributed by atoms with Gasteiger partial charge in [0.25, 0.3) is 0 Å². The summed E-state index contributed by atoms with van der Waals surface area (Å²) in [5, 5.41) is 3.39. The van der Waals surface area contributed by atoms with Crippen molar-refractivity contribution in [2.24, 2.45) is 0 Å². The largest absolute Gasteiger partial charge is 0.573 e. The van der Waals surface area contributed by atoms with Crippen molar-refractivity contribution in [2.45, 2.75) is 25.9 Å². The number of carbonyl (C=O) groups is 1. The molecule has 0 bridgehead atoms. The zero-order valence-electron chi connectivity index (χ0n) is 14.2. The second-order valence-electron chi connectivity index (χ2n) is 5.74. The molecule has 8 heteroatoms. The van der Waals surface area contributed by atoms with Crippen LogP contribution in [-0.2, 0) is 6.54 Å². The van der Waals surface area contributed by atoms with E-state index in [9.17, 15) is 18.0 Å². The number of rotatable bonds is 5. The average Bonchev–Trinajstić information content (AvgIpc) is 2.55. The van der Waals surface area contributed by atoms with Gasteiger partial charge in [0.05, 0.1) is 6.04 Å². The molecule has 0 spiro atoms. The highest BCUT2D eigenvalue weighted by Crippen LogP contribution is 2.24. The van der Waals surface area contributed by atoms with Crippen molar-refractivity contribution in [3.8, 4) is 5.75 Å². The van der Waals surface area contributed by atoms with Crippen LogP contribution in [0.3, 0.4) is 0 Å². The molecule has 0 saturated heterocycles. The lowest BCUT2D eigenvalue weighted by atomic mass is 10.1. The van der Waals surface area contributed by atoms with Gasteiger partial charge in [0.1, 0.15) is 5.75 Å². The lowest BCUT2D eigenvalue weighted by Crippen LogP contribution is -2.38. The van der Waals surface area contributed by atoms with Crippen molar-refractivity contribution in [2.75, 3.05) is 7.05 Å². The molecule has 0 aliphatic carbocycles. The number of halogens is 4. The third kappa shape index (κ3) is 5.84. The topological polar surface area (TPSA) is 41.6 Å². The molecule has 2 amide bonds. The van der Waals surface area contributed by atoms with Gasteiger partial charge in [-0.1, -0.05) is 41.9 Å². The van der Waals surface area contributed by atoms with Crippen LogP contribution in [0.4, 0.5) is 18.0 Å². The summed E-state index contributed by atoms with van der Waals surface area (Å²) in [7, 11) is 1.59. The third-order valence-corrected chi connectivity index (χ3v) is 3.98. The maximum Gasteiger partial charge on any atom is 0.573 e. The molecular formula is C18H18ClF3N2O2. The van der Waals surface area contributed by atoms with Gasteiger partial charge < -0.3 is 15.0 Å². The molecule has 0 aromatic heterocycles. The molecule has 140 valence electrons. The molecule has 1 atom stereocenters. The molecule has 26 heavy (non-hydrogen) atoms. The fourth-order valence-electron chi connectivity index (χ4n) is 2.34. The summed E-state index contributed by atoms with van der Waals surface area (Å²) >= 11 is 6.12. The first-order valence-corrected chi connectivity index (χ1v) is 8.14. The lowest BCUT2D eigenvalue weighted by molar-refractivity contribution is -0.274. The average molecular weight is 387 g/mol. The molecule has 2 aromatic carbocycles. The fraction of sp³-hybridized carbons (Fsp3) is 0.278. The molecule has 0 radical (unpaired) electrons. The van der Waals surface area contributed by atoms with E-state index in [1.165, 1.54) is 29.2 Å². The number of hydrogen-bond donors (Lipinski definition) is 1. The Hall–Kier alpha value is -2.41. The fourth-order valence-corrected chi connectivity index (χ4v) is 2.64. The minimum Gasteiger partial charge on any atom is -0.406 e. The first-order chi connectivity index (χ1) is 12.2. The van der Waals surface area contributed by atoms with Crippen LogP contribution in [0.15, 0.2) is 48.5 Å². The summed E-state index contributed by atoms with van der Waals surface area (Å²) in [6.45, 7) is 2.05. The molecule has 4 nitrogen and oxygen atoms in total. The minimum atomic E-state index is -4.73. The van der Waals surface area contributed by atoms with Gasteiger partial charge in [-0.3, -0.25) is 0 Å².